The maximum Gasteiger partial charge on any atom is 0.166 e. The lowest BCUT2D eigenvalue weighted by Gasteiger charge is -2.58. The number of rotatable bonds is 1. The van der Waals surface area contributed by atoms with Crippen LogP contribution >= 0.6 is 11.6 Å². The molecular weight excluding hydrogens is 326 g/mol. The van der Waals surface area contributed by atoms with Gasteiger partial charge in [0.1, 0.15) is 11.7 Å². The monoisotopic (exact) mass is 347 g/mol. The van der Waals surface area contributed by atoms with Crippen LogP contribution in [0.4, 0.5) is 0 Å². The number of alkyl halides is 1. The molecule has 0 aromatic heterocycles. The highest BCUT2D eigenvalue weighted by Crippen LogP contribution is 2.66. The van der Waals surface area contributed by atoms with Gasteiger partial charge in [-0.1, -0.05) is 12.1 Å². The highest BCUT2D eigenvalue weighted by atomic mass is 35.5. The molecule has 1 aromatic rings. The largest absolute Gasteiger partial charge is 0.493 e. The second-order valence-electron chi connectivity index (χ2n) is 7.71. The fourth-order valence-corrected chi connectivity index (χ4v) is 6.00. The van der Waals surface area contributed by atoms with Gasteiger partial charge in [-0.05, 0) is 50.6 Å². The van der Waals surface area contributed by atoms with Crippen LogP contribution in [0, 0.1) is 0 Å². The average Bonchev–Trinajstić information content (AvgIpc) is 2.84. The van der Waals surface area contributed by atoms with Crippen molar-refractivity contribution in [2.75, 3.05) is 20.7 Å². The second kappa shape index (κ2) is 4.48. The minimum Gasteiger partial charge on any atom is -0.493 e. The van der Waals surface area contributed by atoms with Crippen molar-refractivity contribution in [1.29, 1.82) is 0 Å². The van der Waals surface area contributed by atoms with Gasteiger partial charge in [0.15, 0.2) is 11.5 Å². The van der Waals surface area contributed by atoms with Crippen molar-refractivity contribution >= 4 is 11.6 Å². The molecule has 0 saturated carbocycles. The van der Waals surface area contributed by atoms with Crippen molar-refractivity contribution in [1.82, 2.24) is 4.90 Å². The summed E-state index contributed by atoms with van der Waals surface area (Å²) in [6.45, 7) is 3.01. The summed E-state index contributed by atoms with van der Waals surface area (Å²) in [6, 6.07) is 4.47. The molecule has 4 nitrogen and oxygen atoms in total. The number of aliphatic hydroxyl groups is 1. The number of likely N-dealkylation sites (N-methyl/N-ethyl adjacent to an activating group) is 1. The minimum atomic E-state index is -0.755. The Labute approximate surface area is 147 Å². The Morgan fingerprint density at radius 3 is 2.96 bits per heavy atom. The van der Waals surface area contributed by atoms with Crippen LogP contribution in [0.5, 0.6) is 11.5 Å². The van der Waals surface area contributed by atoms with Gasteiger partial charge in [-0.3, -0.25) is 4.90 Å². The van der Waals surface area contributed by atoms with Crippen LogP contribution in [0.1, 0.15) is 24.5 Å². The van der Waals surface area contributed by atoms with E-state index in [1.807, 2.05) is 13.0 Å². The van der Waals surface area contributed by atoms with Gasteiger partial charge in [0.25, 0.3) is 0 Å². The summed E-state index contributed by atoms with van der Waals surface area (Å²) < 4.78 is 12.1. The number of ether oxygens (including phenoxy) is 2. The number of halogens is 1. The molecule has 0 amide bonds. The summed E-state index contributed by atoms with van der Waals surface area (Å²) in [5.74, 6) is 1.55. The van der Waals surface area contributed by atoms with Crippen molar-refractivity contribution in [3.05, 3.63) is 34.9 Å². The van der Waals surface area contributed by atoms with E-state index >= 15 is 0 Å². The zero-order valence-corrected chi connectivity index (χ0v) is 14.9. The summed E-state index contributed by atoms with van der Waals surface area (Å²) in [5, 5.41) is 10.6. The second-order valence-corrected chi connectivity index (χ2v) is 8.21. The summed E-state index contributed by atoms with van der Waals surface area (Å²) in [7, 11) is 3.84. The Morgan fingerprint density at radius 2 is 2.21 bits per heavy atom. The number of benzene rings is 1. The molecule has 2 heterocycles. The normalized spacial score (nSPS) is 42.2. The predicted molar refractivity (Wildman–Crippen MR) is 92.2 cm³/mol. The van der Waals surface area contributed by atoms with E-state index in [9.17, 15) is 5.11 Å². The molecule has 2 bridgehead atoms. The van der Waals surface area contributed by atoms with E-state index < -0.39 is 17.1 Å². The highest BCUT2D eigenvalue weighted by Gasteiger charge is 2.70. The average molecular weight is 348 g/mol. The first-order valence-electron chi connectivity index (χ1n) is 8.58. The number of likely N-dealkylation sites (tertiary alicyclic amines) is 1. The molecule has 2 aliphatic carbocycles. The maximum atomic E-state index is 11.0. The van der Waals surface area contributed by atoms with Crippen LogP contribution < -0.4 is 9.47 Å². The molecule has 1 aromatic carbocycles. The van der Waals surface area contributed by atoms with E-state index in [2.05, 4.69) is 24.1 Å². The van der Waals surface area contributed by atoms with Gasteiger partial charge in [-0.15, -0.1) is 11.6 Å². The van der Waals surface area contributed by atoms with Gasteiger partial charge in [0.05, 0.1) is 17.9 Å². The lowest BCUT2D eigenvalue weighted by Crippen LogP contribution is -2.69. The molecule has 4 aliphatic rings. The zero-order valence-electron chi connectivity index (χ0n) is 14.2. The number of methoxy groups -OCH3 is 1. The van der Waals surface area contributed by atoms with Crippen molar-refractivity contribution in [2.24, 2.45) is 0 Å². The fourth-order valence-electron chi connectivity index (χ4n) is 5.63. The van der Waals surface area contributed by atoms with E-state index in [0.29, 0.717) is 6.04 Å². The first-order valence-corrected chi connectivity index (χ1v) is 9.01. The van der Waals surface area contributed by atoms with E-state index in [0.717, 1.165) is 30.9 Å². The van der Waals surface area contributed by atoms with Crippen molar-refractivity contribution in [3.63, 3.8) is 0 Å². The molecule has 1 saturated heterocycles. The summed E-state index contributed by atoms with van der Waals surface area (Å²) in [4.78, 5) is 2.41. The Morgan fingerprint density at radius 1 is 1.42 bits per heavy atom. The molecule has 2 aliphatic heterocycles. The van der Waals surface area contributed by atoms with Gasteiger partial charge < -0.3 is 14.6 Å². The van der Waals surface area contributed by atoms with E-state index in [1.54, 1.807) is 7.11 Å². The molecule has 1 spiro atoms. The maximum absolute atomic E-state index is 11.0. The summed E-state index contributed by atoms with van der Waals surface area (Å²) >= 11 is 6.53. The molecule has 5 rings (SSSR count). The molecule has 5 atom stereocenters. The number of nitrogens with zero attached hydrogens (tertiary/aromatic N) is 1. The third kappa shape index (κ3) is 1.41. The van der Waals surface area contributed by atoms with Crippen molar-refractivity contribution in [3.8, 4) is 11.5 Å². The van der Waals surface area contributed by atoms with Gasteiger partial charge in [0.2, 0.25) is 0 Å². The SMILES string of the molecule is COc1ccc2c3c1O[C@]1(C)[C@@H](O)[C@H](Cl)C=C4[C@@H](C2)N(C)CC[C@@]431. The Hall–Kier alpha value is -1.23. The zero-order chi connectivity index (χ0) is 16.9. The quantitative estimate of drug-likeness (QED) is 0.625. The molecule has 128 valence electrons. The van der Waals surface area contributed by atoms with Gasteiger partial charge >= 0.3 is 0 Å². The van der Waals surface area contributed by atoms with E-state index in [4.69, 9.17) is 21.1 Å². The van der Waals surface area contributed by atoms with Crippen LogP contribution in [0.15, 0.2) is 23.8 Å². The minimum absolute atomic E-state index is 0.299. The number of hydrogen-bond acceptors (Lipinski definition) is 4. The first-order chi connectivity index (χ1) is 11.4. The van der Waals surface area contributed by atoms with Crippen LogP contribution in [0.25, 0.3) is 0 Å². The fraction of sp³-hybridized carbons (Fsp3) is 0.579. The van der Waals surface area contributed by atoms with Gasteiger partial charge in [-0.2, -0.15) is 0 Å². The molecule has 5 heteroatoms. The molecule has 0 unspecified atom stereocenters. The summed E-state index contributed by atoms with van der Waals surface area (Å²) in [5.41, 5.74) is 2.80. The predicted octanol–water partition coefficient (Wildman–Crippen LogP) is 2.25. The smallest absolute Gasteiger partial charge is 0.166 e. The van der Waals surface area contributed by atoms with Gasteiger partial charge in [0, 0.05) is 11.6 Å². The third-order valence-corrected chi connectivity index (χ3v) is 7.22. The van der Waals surface area contributed by atoms with Gasteiger partial charge in [-0.25, -0.2) is 0 Å². The van der Waals surface area contributed by atoms with Crippen LogP contribution in [0.3, 0.4) is 0 Å². The molecular formula is C19H22ClNO3. The lowest BCUT2D eigenvalue weighted by molar-refractivity contribution is -0.0853. The Kier molecular flexibility index (Phi) is 2.81. The topological polar surface area (TPSA) is 41.9 Å². The third-order valence-electron chi connectivity index (χ3n) is 6.86. The standard InChI is InChI=1S/C19H22ClNO3/c1-18-17(22)12(20)9-11-13-8-10-4-5-14(23-3)16(24-18)15(10)19(11,18)6-7-21(13)2/h4-5,9,12-13,17,22H,6-8H2,1-3H3/t12-,13-,17+,18-,19-/m1/s1. The first kappa shape index (κ1) is 15.1. The lowest BCUT2D eigenvalue weighted by atomic mass is 9.51. The number of aliphatic hydroxyl groups excluding tert-OH is 1. The summed E-state index contributed by atoms with van der Waals surface area (Å²) in [6.07, 6.45) is 3.22. The number of piperidine rings is 1. The van der Waals surface area contributed by atoms with E-state index in [-0.39, 0.29) is 5.41 Å². The molecule has 0 radical (unpaired) electrons. The highest BCUT2D eigenvalue weighted by molar-refractivity contribution is 6.22. The Bertz CT molecular complexity index is 778. The van der Waals surface area contributed by atoms with Crippen LogP contribution in [0.2, 0.25) is 0 Å². The Balaban J connectivity index is 1.89. The molecule has 24 heavy (non-hydrogen) atoms. The van der Waals surface area contributed by atoms with Crippen LogP contribution in [-0.2, 0) is 11.8 Å². The van der Waals surface area contributed by atoms with Crippen molar-refractivity contribution in [2.45, 2.75) is 48.3 Å². The van der Waals surface area contributed by atoms with Crippen molar-refractivity contribution < 1.29 is 14.6 Å². The molecule has 1 N–H and O–H groups in total. The van der Waals surface area contributed by atoms with E-state index in [1.165, 1.54) is 16.7 Å². The molecule has 1 fully saturated rings. The number of hydrogen-bond donors (Lipinski definition) is 1. The van der Waals surface area contributed by atoms with Crippen LogP contribution in [-0.4, -0.2) is 53.8 Å².